The van der Waals surface area contributed by atoms with Gasteiger partial charge in [0.1, 0.15) is 6.54 Å². The van der Waals surface area contributed by atoms with Crippen LogP contribution in [0.4, 0.5) is 0 Å². The van der Waals surface area contributed by atoms with E-state index < -0.39 is 0 Å². The van der Waals surface area contributed by atoms with Gasteiger partial charge in [-0.1, -0.05) is 18.2 Å². The first-order chi connectivity index (χ1) is 8.78. The summed E-state index contributed by atoms with van der Waals surface area (Å²) in [5.41, 5.74) is 1.91. The van der Waals surface area contributed by atoms with Crippen LogP contribution >= 0.6 is 0 Å². The SMILES string of the molecule is Cc1nnc(Cn2ccc3cccc(CO)c32)o1. The highest BCUT2D eigenvalue weighted by Gasteiger charge is 2.09. The quantitative estimate of drug-likeness (QED) is 0.762. The number of aliphatic hydroxyl groups is 1. The smallest absolute Gasteiger partial charge is 0.236 e. The number of nitrogens with zero attached hydrogens (tertiary/aromatic N) is 3. The Hall–Kier alpha value is -2.14. The first-order valence-electron chi connectivity index (χ1n) is 5.74. The number of para-hydroxylation sites is 1. The average molecular weight is 243 g/mol. The third-order valence-electron chi connectivity index (χ3n) is 2.92. The fourth-order valence-corrected chi connectivity index (χ4v) is 2.15. The van der Waals surface area contributed by atoms with E-state index in [0.29, 0.717) is 18.3 Å². The molecule has 0 spiro atoms. The van der Waals surface area contributed by atoms with Crippen molar-refractivity contribution in [3.63, 3.8) is 0 Å². The topological polar surface area (TPSA) is 64.1 Å². The van der Waals surface area contributed by atoms with E-state index in [1.165, 1.54) is 0 Å². The average Bonchev–Trinajstić information content (AvgIpc) is 2.97. The summed E-state index contributed by atoms with van der Waals surface area (Å²) < 4.78 is 7.38. The van der Waals surface area contributed by atoms with Crippen molar-refractivity contribution in [1.29, 1.82) is 0 Å². The molecule has 5 nitrogen and oxygen atoms in total. The van der Waals surface area contributed by atoms with Gasteiger partial charge in [-0.25, -0.2) is 0 Å². The van der Waals surface area contributed by atoms with Gasteiger partial charge >= 0.3 is 0 Å². The summed E-state index contributed by atoms with van der Waals surface area (Å²) in [6.07, 6.45) is 1.96. The van der Waals surface area contributed by atoms with E-state index in [-0.39, 0.29) is 6.61 Å². The van der Waals surface area contributed by atoms with Gasteiger partial charge in [0, 0.05) is 18.7 Å². The van der Waals surface area contributed by atoms with Crippen LogP contribution < -0.4 is 0 Å². The Balaban J connectivity index is 2.06. The number of rotatable bonds is 3. The fraction of sp³-hybridized carbons (Fsp3) is 0.231. The zero-order chi connectivity index (χ0) is 12.5. The lowest BCUT2D eigenvalue weighted by atomic mass is 10.1. The maximum atomic E-state index is 9.38. The minimum absolute atomic E-state index is 0.0181. The second-order valence-electron chi connectivity index (χ2n) is 4.17. The van der Waals surface area contributed by atoms with Crippen LogP contribution in [0.3, 0.4) is 0 Å². The van der Waals surface area contributed by atoms with Crippen LogP contribution in [0.15, 0.2) is 34.9 Å². The van der Waals surface area contributed by atoms with Crippen molar-refractivity contribution >= 4 is 10.9 Å². The van der Waals surface area contributed by atoms with Crippen LogP contribution in [0.25, 0.3) is 10.9 Å². The molecule has 3 rings (SSSR count). The third-order valence-corrected chi connectivity index (χ3v) is 2.92. The molecule has 0 aliphatic heterocycles. The molecule has 0 aliphatic rings. The highest BCUT2D eigenvalue weighted by Crippen LogP contribution is 2.21. The molecule has 2 aromatic heterocycles. The first kappa shape index (κ1) is 11.0. The number of aliphatic hydroxyl groups excluding tert-OH is 1. The van der Waals surface area contributed by atoms with Crippen LogP contribution in [0.1, 0.15) is 17.3 Å². The Morgan fingerprint density at radius 3 is 2.89 bits per heavy atom. The Morgan fingerprint density at radius 1 is 1.28 bits per heavy atom. The molecular weight excluding hydrogens is 230 g/mol. The monoisotopic (exact) mass is 243 g/mol. The van der Waals surface area contributed by atoms with Gasteiger partial charge in [-0.2, -0.15) is 0 Å². The van der Waals surface area contributed by atoms with Crippen molar-refractivity contribution in [3.8, 4) is 0 Å². The van der Waals surface area contributed by atoms with Crippen LogP contribution in [0, 0.1) is 6.92 Å². The fourth-order valence-electron chi connectivity index (χ4n) is 2.15. The summed E-state index contributed by atoms with van der Waals surface area (Å²) in [6.45, 7) is 2.30. The van der Waals surface area contributed by atoms with Gasteiger partial charge < -0.3 is 14.1 Å². The van der Waals surface area contributed by atoms with Crippen LogP contribution in [0.2, 0.25) is 0 Å². The van der Waals surface area contributed by atoms with Gasteiger partial charge in [-0.05, 0) is 11.5 Å². The molecule has 0 bridgehead atoms. The molecule has 5 heteroatoms. The second kappa shape index (κ2) is 4.27. The molecule has 0 atom stereocenters. The molecule has 0 radical (unpaired) electrons. The Kier molecular flexibility index (Phi) is 2.60. The summed E-state index contributed by atoms with van der Waals surface area (Å²) in [4.78, 5) is 0. The van der Waals surface area contributed by atoms with Crippen LogP contribution in [0.5, 0.6) is 0 Å². The highest BCUT2D eigenvalue weighted by molar-refractivity contribution is 5.83. The number of hydrogen-bond donors (Lipinski definition) is 1. The van der Waals surface area contributed by atoms with E-state index in [1.807, 2.05) is 35.0 Å². The lowest BCUT2D eigenvalue weighted by molar-refractivity contribution is 0.283. The Labute approximate surface area is 104 Å². The predicted molar refractivity (Wildman–Crippen MR) is 66.0 cm³/mol. The molecule has 1 aromatic carbocycles. The molecule has 0 amide bonds. The van der Waals surface area contributed by atoms with Crippen molar-refractivity contribution in [2.75, 3.05) is 0 Å². The normalized spacial score (nSPS) is 11.2. The largest absolute Gasteiger partial charge is 0.424 e. The molecule has 0 unspecified atom stereocenters. The molecule has 0 fully saturated rings. The molecule has 0 saturated heterocycles. The van der Waals surface area contributed by atoms with Crippen molar-refractivity contribution in [3.05, 3.63) is 47.8 Å². The minimum atomic E-state index is 0.0181. The van der Waals surface area contributed by atoms with Crippen LogP contribution in [-0.4, -0.2) is 19.9 Å². The summed E-state index contributed by atoms with van der Waals surface area (Å²) in [6, 6.07) is 7.88. The standard InChI is InChI=1S/C13H13N3O2/c1-9-14-15-12(18-9)7-16-6-5-10-3-2-4-11(8-17)13(10)16/h2-6,17H,7-8H2,1H3. The van der Waals surface area contributed by atoms with E-state index in [4.69, 9.17) is 4.42 Å². The number of aromatic nitrogens is 3. The number of hydrogen-bond acceptors (Lipinski definition) is 4. The number of benzene rings is 1. The maximum Gasteiger partial charge on any atom is 0.236 e. The van der Waals surface area contributed by atoms with Gasteiger partial charge in [0.15, 0.2) is 0 Å². The lowest BCUT2D eigenvalue weighted by Gasteiger charge is -2.05. The predicted octanol–water partition coefficient (Wildman–Crippen LogP) is 1.87. The highest BCUT2D eigenvalue weighted by atomic mass is 16.4. The molecule has 1 N–H and O–H groups in total. The third kappa shape index (κ3) is 1.78. The van der Waals surface area contributed by atoms with Crippen molar-refractivity contribution < 1.29 is 9.52 Å². The lowest BCUT2D eigenvalue weighted by Crippen LogP contribution is -2.00. The van der Waals surface area contributed by atoms with Crippen molar-refractivity contribution in [1.82, 2.24) is 14.8 Å². The zero-order valence-corrected chi connectivity index (χ0v) is 10.00. The molecule has 92 valence electrons. The molecule has 0 saturated carbocycles. The van der Waals surface area contributed by atoms with Gasteiger partial charge in [0.05, 0.1) is 12.1 Å². The summed E-state index contributed by atoms with van der Waals surface area (Å²) >= 11 is 0. The molecule has 18 heavy (non-hydrogen) atoms. The van der Waals surface area contributed by atoms with Gasteiger partial charge in [0.2, 0.25) is 11.8 Å². The minimum Gasteiger partial charge on any atom is -0.424 e. The van der Waals surface area contributed by atoms with Gasteiger partial charge in [0.25, 0.3) is 0 Å². The Bertz CT molecular complexity index is 684. The van der Waals surface area contributed by atoms with Crippen LogP contribution in [-0.2, 0) is 13.2 Å². The number of aryl methyl sites for hydroxylation is 1. The molecule has 2 heterocycles. The van der Waals surface area contributed by atoms with Gasteiger partial charge in [-0.15, -0.1) is 10.2 Å². The molecular formula is C13H13N3O2. The summed E-state index contributed by atoms with van der Waals surface area (Å²) in [7, 11) is 0. The van der Waals surface area contributed by atoms with E-state index in [1.54, 1.807) is 6.92 Å². The first-order valence-corrected chi connectivity index (χ1v) is 5.74. The van der Waals surface area contributed by atoms with E-state index >= 15 is 0 Å². The van der Waals surface area contributed by atoms with Gasteiger partial charge in [-0.3, -0.25) is 0 Å². The van der Waals surface area contributed by atoms with E-state index in [0.717, 1.165) is 16.5 Å². The van der Waals surface area contributed by atoms with Crippen molar-refractivity contribution in [2.24, 2.45) is 0 Å². The summed E-state index contributed by atoms with van der Waals surface area (Å²) in [5, 5.41) is 18.3. The summed E-state index contributed by atoms with van der Waals surface area (Å²) in [5.74, 6) is 1.13. The second-order valence-corrected chi connectivity index (χ2v) is 4.17. The molecule has 3 aromatic rings. The van der Waals surface area contributed by atoms with Crippen molar-refractivity contribution in [2.45, 2.75) is 20.1 Å². The van der Waals surface area contributed by atoms with E-state index in [2.05, 4.69) is 10.2 Å². The zero-order valence-electron chi connectivity index (χ0n) is 10.00. The Morgan fingerprint density at radius 2 is 2.17 bits per heavy atom. The van der Waals surface area contributed by atoms with E-state index in [9.17, 15) is 5.11 Å². The molecule has 0 aliphatic carbocycles. The maximum absolute atomic E-state index is 9.38. The number of fused-ring (bicyclic) bond motifs is 1.